The first-order valence-electron chi connectivity index (χ1n) is 12.2. The van der Waals surface area contributed by atoms with Crippen LogP contribution in [-0.4, -0.2) is 57.9 Å². The lowest BCUT2D eigenvalue weighted by atomic mass is 9.80. The minimum atomic E-state index is -6.38. The molecule has 0 saturated carbocycles. The summed E-state index contributed by atoms with van der Waals surface area (Å²) in [5.74, 6) is -1.48. The summed E-state index contributed by atoms with van der Waals surface area (Å²) in [6.45, 7) is -0.661. The van der Waals surface area contributed by atoms with Crippen molar-refractivity contribution in [1.82, 2.24) is 4.90 Å². The van der Waals surface area contributed by atoms with Gasteiger partial charge in [0.1, 0.15) is 16.0 Å². The summed E-state index contributed by atoms with van der Waals surface area (Å²) < 4.78 is 139. The molecule has 2 heterocycles. The molecule has 2 aromatic carbocycles. The van der Waals surface area contributed by atoms with Gasteiger partial charge in [-0.1, -0.05) is 24.3 Å². The number of alkyl halides is 7. The van der Waals surface area contributed by atoms with Crippen molar-refractivity contribution >= 4 is 15.7 Å². The van der Waals surface area contributed by atoms with Gasteiger partial charge in [0.05, 0.1) is 11.0 Å². The SMILES string of the molecule is N#CC1(C(=O)N2CC[C@](c3ccc(C(F)(C(F)(F)F)C(F)(F)F)cc3)(S(=O)(=O)c3ccc(F)cc3)C2)CCOCC1. The number of nitriles is 1. The standard InChI is InChI=1S/C26H22F8N2O4S/c27-19-5-7-20(8-6-19)41(38,39)23(9-12-36(16-23)21(37)22(15-35)10-13-40-14-11-22)17-1-3-18(4-2-17)24(28,25(29,30)31)26(32,33)34/h1-8H,9-14,16H2/t23-/m0/s1. The Morgan fingerprint density at radius 1 is 0.878 bits per heavy atom. The number of benzene rings is 2. The number of ether oxygens (including phenoxy) is 1. The minimum Gasteiger partial charge on any atom is -0.381 e. The van der Waals surface area contributed by atoms with Gasteiger partial charge in [-0.05, 0) is 49.1 Å². The predicted molar refractivity (Wildman–Crippen MR) is 126 cm³/mol. The van der Waals surface area contributed by atoms with Crippen LogP contribution in [0.2, 0.25) is 0 Å². The second-order valence-corrected chi connectivity index (χ2v) is 12.2. The lowest BCUT2D eigenvalue weighted by Crippen LogP contribution is -2.50. The first-order valence-corrected chi connectivity index (χ1v) is 13.7. The molecule has 0 radical (unpaired) electrons. The highest BCUT2D eigenvalue weighted by atomic mass is 32.2. The molecule has 0 N–H and O–H groups in total. The van der Waals surface area contributed by atoms with Gasteiger partial charge >= 0.3 is 18.0 Å². The number of hydrogen-bond donors (Lipinski definition) is 0. The fourth-order valence-corrected chi connectivity index (χ4v) is 7.37. The third-order valence-electron chi connectivity index (χ3n) is 7.72. The molecule has 4 rings (SSSR count). The Labute approximate surface area is 229 Å². The van der Waals surface area contributed by atoms with Gasteiger partial charge in [0.15, 0.2) is 9.84 Å². The number of likely N-dealkylation sites (tertiary alicyclic amines) is 1. The van der Waals surface area contributed by atoms with Gasteiger partial charge < -0.3 is 9.64 Å². The normalized spacial score (nSPS) is 21.9. The van der Waals surface area contributed by atoms with Crippen LogP contribution < -0.4 is 0 Å². The number of hydrogen-bond acceptors (Lipinski definition) is 5. The number of sulfone groups is 1. The van der Waals surface area contributed by atoms with Crippen molar-refractivity contribution in [2.45, 2.75) is 46.9 Å². The summed E-state index contributed by atoms with van der Waals surface area (Å²) in [6.07, 6.45) is -13.1. The van der Waals surface area contributed by atoms with Gasteiger partial charge in [0, 0.05) is 31.9 Å². The van der Waals surface area contributed by atoms with E-state index in [0.29, 0.717) is 12.1 Å². The summed E-state index contributed by atoms with van der Waals surface area (Å²) in [4.78, 5) is 14.2. The van der Waals surface area contributed by atoms with Gasteiger partial charge in [0.25, 0.3) is 0 Å². The maximum atomic E-state index is 14.6. The van der Waals surface area contributed by atoms with E-state index < -0.39 is 66.7 Å². The zero-order chi connectivity index (χ0) is 30.5. The Kier molecular flexibility index (Phi) is 7.66. The molecule has 2 aliphatic rings. The Balaban J connectivity index is 1.83. The molecular weight excluding hydrogens is 588 g/mol. The van der Waals surface area contributed by atoms with Crippen LogP contribution in [0.4, 0.5) is 35.1 Å². The largest absolute Gasteiger partial charge is 0.435 e. The van der Waals surface area contributed by atoms with E-state index in [-0.39, 0.29) is 56.7 Å². The summed E-state index contributed by atoms with van der Waals surface area (Å²) in [7, 11) is -4.61. The van der Waals surface area contributed by atoms with E-state index in [9.17, 15) is 53.6 Å². The maximum Gasteiger partial charge on any atom is 0.435 e. The first-order chi connectivity index (χ1) is 19.0. The quantitative estimate of drug-likeness (QED) is 0.337. The van der Waals surface area contributed by atoms with E-state index in [1.807, 2.05) is 6.07 Å². The second-order valence-electron chi connectivity index (χ2n) is 9.97. The van der Waals surface area contributed by atoms with Gasteiger partial charge in [-0.3, -0.25) is 4.79 Å². The van der Waals surface area contributed by atoms with Gasteiger partial charge in [-0.15, -0.1) is 0 Å². The van der Waals surface area contributed by atoms with Gasteiger partial charge in [-0.2, -0.15) is 31.6 Å². The Hall–Kier alpha value is -3.25. The summed E-state index contributed by atoms with van der Waals surface area (Å²) in [5, 5.41) is 9.80. The van der Waals surface area contributed by atoms with Crippen molar-refractivity contribution in [3.05, 3.63) is 65.5 Å². The van der Waals surface area contributed by atoms with Crippen LogP contribution in [-0.2, 0) is 29.8 Å². The predicted octanol–water partition coefficient (Wildman–Crippen LogP) is 5.34. The van der Waals surface area contributed by atoms with E-state index in [1.54, 1.807) is 0 Å². The molecule has 0 bridgehead atoms. The smallest absolute Gasteiger partial charge is 0.381 e. The van der Waals surface area contributed by atoms with E-state index in [1.165, 1.54) is 0 Å². The fraction of sp³-hybridized carbons (Fsp3) is 0.462. The highest BCUT2D eigenvalue weighted by Gasteiger charge is 2.73. The van der Waals surface area contributed by atoms with E-state index in [0.717, 1.165) is 29.2 Å². The number of halogens is 8. The number of nitrogens with zero attached hydrogens (tertiary/aromatic N) is 2. The van der Waals surface area contributed by atoms with Crippen molar-refractivity contribution in [2.24, 2.45) is 5.41 Å². The molecule has 0 unspecified atom stereocenters. The first kappa shape index (κ1) is 30.7. The molecule has 2 fully saturated rings. The molecule has 2 aliphatic heterocycles. The monoisotopic (exact) mass is 610 g/mol. The van der Waals surface area contributed by atoms with Crippen molar-refractivity contribution < 1.29 is 53.1 Å². The minimum absolute atomic E-state index is 0.0265. The molecular formula is C26H22F8N2O4S. The number of rotatable bonds is 5. The van der Waals surface area contributed by atoms with E-state index in [2.05, 4.69) is 0 Å². The van der Waals surface area contributed by atoms with Crippen LogP contribution >= 0.6 is 0 Å². The molecule has 0 spiro atoms. The van der Waals surface area contributed by atoms with Crippen molar-refractivity contribution in [1.29, 1.82) is 5.26 Å². The Bertz CT molecular complexity index is 1430. The molecule has 15 heteroatoms. The van der Waals surface area contributed by atoms with Crippen LogP contribution in [0.5, 0.6) is 0 Å². The molecule has 1 amide bonds. The highest BCUT2D eigenvalue weighted by molar-refractivity contribution is 7.92. The Morgan fingerprint density at radius 2 is 1.41 bits per heavy atom. The molecule has 222 valence electrons. The molecule has 1 atom stereocenters. The van der Waals surface area contributed by atoms with Crippen LogP contribution in [0.15, 0.2) is 53.4 Å². The van der Waals surface area contributed by atoms with Crippen molar-refractivity contribution in [3.63, 3.8) is 0 Å². The highest BCUT2D eigenvalue weighted by Crippen LogP contribution is 2.54. The van der Waals surface area contributed by atoms with Gasteiger partial charge in [-0.25, -0.2) is 17.2 Å². The van der Waals surface area contributed by atoms with Crippen molar-refractivity contribution in [3.8, 4) is 6.07 Å². The van der Waals surface area contributed by atoms with Crippen LogP contribution in [0.25, 0.3) is 0 Å². The molecule has 0 aromatic heterocycles. The topological polar surface area (TPSA) is 87.5 Å². The zero-order valence-corrected chi connectivity index (χ0v) is 21.8. The summed E-state index contributed by atoms with van der Waals surface area (Å²) in [6, 6.07) is 7.23. The van der Waals surface area contributed by atoms with E-state index >= 15 is 0 Å². The summed E-state index contributed by atoms with van der Waals surface area (Å²) >= 11 is 0. The molecule has 2 aromatic rings. The lowest BCUT2D eigenvalue weighted by Gasteiger charge is -2.35. The molecule has 0 aliphatic carbocycles. The van der Waals surface area contributed by atoms with Gasteiger partial charge in [0.2, 0.25) is 5.91 Å². The van der Waals surface area contributed by atoms with Crippen LogP contribution in [0, 0.1) is 22.6 Å². The molecule has 6 nitrogen and oxygen atoms in total. The van der Waals surface area contributed by atoms with E-state index in [4.69, 9.17) is 4.74 Å². The maximum absolute atomic E-state index is 14.6. The Morgan fingerprint density at radius 3 is 1.90 bits per heavy atom. The lowest BCUT2D eigenvalue weighted by molar-refractivity contribution is -0.348. The van der Waals surface area contributed by atoms with Crippen LogP contribution in [0.1, 0.15) is 30.4 Å². The van der Waals surface area contributed by atoms with Crippen LogP contribution in [0.3, 0.4) is 0 Å². The number of carbonyl (C=O) groups excluding carboxylic acids is 1. The average Bonchev–Trinajstić information content (AvgIpc) is 3.39. The number of carbonyl (C=O) groups is 1. The average molecular weight is 611 g/mol. The third-order valence-corrected chi connectivity index (χ3v) is 10.2. The fourth-order valence-electron chi connectivity index (χ4n) is 5.29. The summed E-state index contributed by atoms with van der Waals surface area (Å²) in [5.41, 5.74) is -9.38. The van der Waals surface area contributed by atoms with Crippen molar-refractivity contribution in [2.75, 3.05) is 26.3 Å². The zero-order valence-electron chi connectivity index (χ0n) is 21.0. The second kappa shape index (κ2) is 10.2. The number of amides is 1. The molecule has 2 saturated heterocycles. The third kappa shape index (κ3) is 4.84. The molecule has 41 heavy (non-hydrogen) atoms.